The van der Waals surface area contributed by atoms with Gasteiger partial charge in [-0.2, -0.15) is 0 Å². The number of fused-ring (bicyclic) bond motifs is 1. The summed E-state index contributed by atoms with van der Waals surface area (Å²) in [7, 11) is 0. The van der Waals surface area contributed by atoms with Crippen molar-refractivity contribution in [2.45, 2.75) is 71.8 Å². The lowest BCUT2D eigenvalue weighted by molar-refractivity contribution is 0.0216. The maximum Gasteiger partial charge on any atom is 0.410 e. The number of carbonyl (C=O) groups is 2. The average molecular weight is 595 g/mol. The Labute approximate surface area is 262 Å². The van der Waals surface area contributed by atoms with E-state index < -0.39 is 5.60 Å². The van der Waals surface area contributed by atoms with Gasteiger partial charge in [0, 0.05) is 26.2 Å². The lowest BCUT2D eigenvalue weighted by atomic mass is 10.00. The van der Waals surface area contributed by atoms with Crippen LogP contribution in [0.4, 0.5) is 9.59 Å². The van der Waals surface area contributed by atoms with Gasteiger partial charge >= 0.3 is 12.1 Å². The molecule has 0 bridgehead atoms. The second kappa shape index (κ2) is 15.4. The molecule has 0 fully saturated rings. The number of urea groups is 1. The maximum absolute atomic E-state index is 13.6. The van der Waals surface area contributed by atoms with Gasteiger partial charge in [-0.05, 0) is 80.1 Å². The molecule has 1 atom stereocenters. The van der Waals surface area contributed by atoms with E-state index in [0.717, 1.165) is 45.9 Å². The van der Waals surface area contributed by atoms with Crippen molar-refractivity contribution in [3.8, 4) is 0 Å². The van der Waals surface area contributed by atoms with Gasteiger partial charge < -0.3 is 20.7 Å². The first-order valence-electron chi connectivity index (χ1n) is 15.5. The molecule has 4 aromatic rings. The van der Waals surface area contributed by atoms with Crippen molar-refractivity contribution in [3.63, 3.8) is 0 Å². The van der Waals surface area contributed by atoms with Crippen molar-refractivity contribution in [1.29, 1.82) is 0 Å². The zero-order valence-electron chi connectivity index (χ0n) is 26.5. The molecule has 44 heavy (non-hydrogen) atoms. The van der Waals surface area contributed by atoms with Crippen LogP contribution in [0.1, 0.15) is 68.8 Å². The standard InChI is InChI=1S/C37H46N4O3/c1-28(33-18-12-16-32-15-8-9-17-34(32)33)39-35(42)40(24-11-10-23-38)25-30-19-21-31(22-20-30)27-41(36(43)44-37(2,3)4)26-29-13-6-5-7-14-29/h5-9,12-22,28H,10-11,23-27,38H2,1-4H3,(H,39,42)/t28-/m0/s1. The Morgan fingerprint density at radius 2 is 1.32 bits per heavy atom. The number of ether oxygens (including phenoxy) is 1. The van der Waals surface area contributed by atoms with Crippen LogP contribution in [0, 0.1) is 0 Å². The molecular weight excluding hydrogens is 548 g/mol. The maximum atomic E-state index is 13.6. The van der Waals surface area contributed by atoms with Crippen LogP contribution < -0.4 is 11.1 Å². The van der Waals surface area contributed by atoms with Crippen LogP contribution in [0.25, 0.3) is 10.8 Å². The summed E-state index contributed by atoms with van der Waals surface area (Å²) in [5.41, 5.74) is 9.29. The van der Waals surface area contributed by atoms with Gasteiger partial charge in [-0.25, -0.2) is 9.59 Å². The Kier molecular flexibility index (Phi) is 11.4. The fraction of sp³-hybridized carbons (Fsp3) is 0.351. The third-order valence-electron chi connectivity index (χ3n) is 7.44. The third kappa shape index (κ3) is 9.58. The van der Waals surface area contributed by atoms with Gasteiger partial charge in [0.25, 0.3) is 0 Å². The van der Waals surface area contributed by atoms with Crippen LogP contribution in [0.2, 0.25) is 0 Å². The molecule has 0 unspecified atom stereocenters. The second-order valence-electron chi connectivity index (χ2n) is 12.3. The SMILES string of the molecule is C[C@H](NC(=O)N(CCCCN)Cc1ccc(CN(Cc2ccccc2)C(=O)OC(C)(C)C)cc1)c1cccc2ccccc12. The number of hydrogen-bond acceptors (Lipinski definition) is 4. The van der Waals surface area contributed by atoms with Crippen LogP contribution in [0.15, 0.2) is 97.1 Å². The van der Waals surface area contributed by atoms with Crippen molar-refractivity contribution in [2.75, 3.05) is 13.1 Å². The minimum atomic E-state index is -0.588. The summed E-state index contributed by atoms with van der Waals surface area (Å²) in [5, 5.41) is 5.52. The number of unbranched alkanes of at least 4 members (excludes halogenated alkanes) is 1. The highest BCUT2D eigenvalue weighted by molar-refractivity contribution is 5.86. The van der Waals surface area contributed by atoms with E-state index in [-0.39, 0.29) is 18.2 Å². The summed E-state index contributed by atoms with van der Waals surface area (Å²) in [4.78, 5) is 30.2. The molecule has 7 heteroatoms. The summed E-state index contributed by atoms with van der Waals surface area (Å²) in [6.07, 6.45) is 1.33. The summed E-state index contributed by atoms with van der Waals surface area (Å²) in [5.74, 6) is 0. The van der Waals surface area contributed by atoms with Gasteiger partial charge in [0.2, 0.25) is 0 Å². The zero-order chi connectivity index (χ0) is 31.5. The van der Waals surface area contributed by atoms with E-state index in [2.05, 4.69) is 29.6 Å². The molecule has 3 N–H and O–H groups in total. The number of amides is 3. The lowest BCUT2D eigenvalue weighted by Crippen LogP contribution is -2.41. The van der Waals surface area contributed by atoms with E-state index in [1.165, 1.54) is 0 Å². The molecule has 0 heterocycles. The largest absolute Gasteiger partial charge is 0.444 e. The number of nitrogens with one attached hydrogen (secondary N) is 1. The summed E-state index contributed by atoms with van der Waals surface area (Å²) >= 11 is 0. The highest BCUT2D eigenvalue weighted by Crippen LogP contribution is 2.24. The molecule has 4 rings (SSSR count). The van der Waals surface area contributed by atoms with E-state index in [4.69, 9.17) is 10.5 Å². The van der Waals surface area contributed by atoms with Crippen LogP contribution in [-0.2, 0) is 24.4 Å². The smallest absolute Gasteiger partial charge is 0.410 e. The first-order chi connectivity index (χ1) is 21.1. The van der Waals surface area contributed by atoms with E-state index in [0.29, 0.717) is 32.7 Å². The first-order valence-corrected chi connectivity index (χ1v) is 15.5. The Hall–Kier alpha value is -4.36. The fourth-order valence-electron chi connectivity index (χ4n) is 5.19. The van der Waals surface area contributed by atoms with Gasteiger partial charge in [-0.3, -0.25) is 4.90 Å². The van der Waals surface area contributed by atoms with Gasteiger partial charge in [-0.15, -0.1) is 0 Å². The number of nitrogens with zero attached hydrogens (tertiary/aromatic N) is 2. The number of nitrogens with two attached hydrogens (primary N) is 1. The molecule has 7 nitrogen and oxygen atoms in total. The third-order valence-corrected chi connectivity index (χ3v) is 7.44. The van der Waals surface area contributed by atoms with Gasteiger partial charge in [0.1, 0.15) is 5.60 Å². The number of hydrogen-bond donors (Lipinski definition) is 2. The molecule has 0 saturated carbocycles. The summed E-state index contributed by atoms with van der Waals surface area (Å²) in [6, 6.07) is 32.2. The normalized spacial score (nSPS) is 12.0. The van der Waals surface area contributed by atoms with Crippen molar-refractivity contribution in [3.05, 3.63) is 119 Å². The topological polar surface area (TPSA) is 87.9 Å². The van der Waals surface area contributed by atoms with E-state index in [1.807, 2.05) is 105 Å². The van der Waals surface area contributed by atoms with Crippen LogP contribution >= 0.6 is 0 Å². The Bertz CT molecular complexity index is 1490. The van der Waals surface area contributed by atoms with Crippen molar-refractivity contribution in [1.82, 2.24) is 15.1 Å². The Morgan fingerprint density at radius 1 is 0.750 bits per heavy atom. The Morgan fingerprint density at radius 3 is 1.95 bits per heavy atom. The molecule has 0 aromatic heterocycles. The van der Waals surface area contributed by atoms with Gasteiger partial charge in [0.15, 0.2) is 0 Å². The number of carbonyl (C=O) groups excluding carboxylic acids is 2. The molecule has 0 aliphatic rings. The molecule has 0 radical (unpaired) electrons. The van der Waals surface area contributed by atoms with Crippen molar-refractivity contribution < 1.29 is 14.3 Å². The second-order valence-corrected chi connectivity index (χ2v) is 12.3. The van der Waals surface area contributed by atoms with E-state index >= 15 is 0 Å². The first kappa shape index (κ1) is 32.6. The van der Waals surface area contributed by atoms with E-state index in [9.17, 15) is 9.59 Å². The predicted molar refractivity (Wildman–Crippen MR) is 178 cm³/mol. The van der Waals surface area contributed by atoms with Crippen molar-refractivity contribution in [2.24, 2.45) is 5.73 Å². The van der Waals surface area contributed by atoms with Crippen LogP contribution in [0.3, 0.4) is 0 Å². The van der Waals surface area contributed by atoms with Gasteiger partial charge in [-0.1, -0.05) is 97.1 Å². The average Bonchev–Trinajstić information content (AvgIpc) is 3.00. The number of rotatable bonds is 12. The highest BCUT2D eigenvalue weighted by Gasteiger charge is 2.23. The monoisotopic (exact) mass is 594 g/mol. The summed E-state index contributed by atoms with van der Waals surface area (Å²) in [6.45, 7) is 10.2. The minimum absolute atomic E-state index is 0.106. The van der Waals surface area contributed by atoms with E-state index in [1.54, 1.807) is 4.90 Å². The van der Waals surface area contributed by atoms with Gasteiger partial charge in [0.05, 0.1) is 6.04 Å². The summed E-state index contributed by atoms with van der Waals surface area (Å²) < 4.78 is 5.71. The molecule has 0 saturated heterocycles. The molecule has 0 spiro atoms. The lowest BCUT2D eigenvalue weighted by Gasteiger charge is -2.28. The quantitative estimate of drug-likeness (QED) is 0.164. The molecule has 0 aliphatic heterocycles. The zero-order valence-corrected chi connectivity index (χ0v) is 26.5. The number of benzene rings is 4. The van der Waals surface area contributed by atoms with Crippen LogP contribution in [0.5, 0.6) is 0 Å². The Balaban J connectivity index is 1.45. The highest BCUT2D eigenvalue weighted by atomic mass is 16.6. The molecule has 0 aliphatic carbocycles. The fourth-order valence-corrected chi connectivity index (χ4v) is 5.19. The molecule has 3 amide bonds. The molecule has 232 valence electrons. The van der Waals surface area contributed by atoms with Crippen molar-refractivity contribution >= 4 is 22.9 Å². The predicted octanol–water partition coefficient (Wildman–Crippen LogP) is 7.79. The van der Waals surface area contributed by atoms with Crippen LogP contribution in [-0.4, -0.2) is 40.6 Å². The molecular formula is C37H46N4O3. The minimum Gasteiger partial charge on any atom is -0.444 e. The molecule has 4 aromatic carbocycles.